The predicted molar refractivity (Wildman–Crippen MR) is 104 cm³/mol. The van der Waals surface area contributed by atoms with Crippen LogP contribution in [0, 0.1) is 5.92 Å². The molecule has 0 saturated carbocycles. The molecule has 2 aromatic rings. The van der Waals surface area contributed by atoms with E-state index < -0.39 is 24.0 Å². The van der Waals surface area contributed by atoms with Crippen LogP contribution in [-0.2, 0) is 16.1 Å². The molecule has 2 aliphatic heterocycles. The minimum Gasteiger partial charge on any atom is -0.504 e. The number of phenolic OH excluding ortho intramolecular Hbond substituents is 1. The van der Waals surface area contributed by atoms with Gasteiger partial charge in [0.25, 0.3) is 0 Å². The third kappa shape index (κ3) is 3.69. The Bertz CT molecular complexity index is 1020. The van der Waals surface area contributed by atoms with Crippen LogP contribution in [-0.4, -0.2) is 31.0 Å². The normalized spacial score (nSPS) is 19.6. The Balaban J connectivity index is 1.54. The van der Waals surface area contributed by atoms with Crippen LogP contribution in [0.15, 0.2) is 48.7 Å². The van der Waals surface area contributed by atoms with Crippen LogP contribution >= 0.6 is 0 Å². The number of carbonyl (C=O) groups is 2. The molecule has 0 aliphatic carbocycles. The summed E-state index contributed by atoms with van der Waals surface area (Å²) in [6, 6.07) is 8.61. The van der Waals surface area contributed by atoms with Gasteiger partial charge in [-0.25, -0.2) is 4.79 Å². The van der Waals surface area contributed by atoms with Gasteiger partial charge >= 0.3 is 12.0 Å². The fourth-order valence-corrected chi connectivity index (χ4v) is 3.40. The molecule has 2 unspecified atom stereocenters. The van der Waals surface area contributed by atoms with E-state index in [-0.39, 0.29) is 30.6 Å². The van der Waals surface area contributed by atoms with Gasteiger partial charge in [-0.15, -0.1) is 0 Å². The van der Waals surface area contributed by atoms with Crippen LogP contribution < -0.4 is 24.8 Å². The molecule has 4 rings (SSSR count). The second-order valence-corrected chi connectivity index (χ2v) is 6.81. The highest BCUT2D eigenvalue weighted by atomic mass is 16.7. The van der Waals surface area contributed by atoms with E-state index in [2.05, 4.69) is 17.2 Å². The Hall–Kier alpha value is -3.88. The fourth-order valence-electron chi connectivity index (χ4n) is 3.40. The second kappa shape index (κ2) is 7.86. The van der Waals surface area contributed by atoms with Crippen LogP contribution in [0.1, 0.15) is 17.2 Å². The smallest absolute Gasteiger partial charge is 0.319 e. The first kappa shape index (κ1) is 19.4. The van der Waals surface area contributed by atoms with Crippen LogP contribution in [0.25, 0.3) is 0 Å². The molecule has 0 radical (unpaired) electrons. The van der Waals surface area contributed by atoms with Crippen molar-refractivity contribution in [3.05, 3.63) is 59.8 Å². The minimum absolute atomic E-state index is 0.0127. The molecule has 0 spiro atoms. The molecule has 9 nitrogen and oxygen atoms in total. The van der Waals surface area contributed by atoms with E-state index in [4.69, 9.17) is 18.9 Å². The zero-order valence-electron chi connectivity index (χ0n) is 16.1. The molecule has 1 fully saturated rings. The number of ether oxygens (including phenoxy) is 4. The molecule has 9 heteroatoms. The Labute approximate surface area is 172 Å². The molecule has 2 aliphatic rings. The highest BCUT2D eigenvalue weighted by molar-refractivity contribution is 5.85. The molecule has 3 N–H and O–H groups in total. The Morgan fingerprint density at radius 2 is 2.03 bits per heavy atom. The summed E-state index contributed by atoms with van der Waals surface area (Å²) in [5.41, 5.74) is 1.51. The number of phenols is 1. The molecular formula is C21H20N2O7. The van der Waals surface area contributed by atoms with Crippen molar-refractivity contribution in [2.24, 2.45) is 5.92 Å². The van der Waals surface area contributed by atoms with Gasteiger partial charge in [0, 0.05) is 5.70 Å². The van der Waals surface area contributed by atoms with Crippen molar-refractivity contribution in [1.82, 2.24) is 10.6 Å². The number of hydrogen-bond donors (Lipinski definition) is 3. The summed E-state index contributed by atoms with van der Waals surface area (Å²) in [6.07, 6.45) is 0. The number of esters is 1. The number of nitrogens with one attached hydrogen (secondary N) is 2. The number of amides is 2. The van der Waals surface area contributed by atoms with Crippen LogP contribution in [0.4, 0.5) is 4.79 Å². The van der Waals surface area contributed by atoms with Crippen molar-refractivity contribution in [2.75, 3.05) is 13.9 Å². The van der Waals surface area contributed by atoms with Crippen molar-refractivity contribution >= 4 is 12.0 Å². The quantitative estimate of drug-likeness (QED) is 0.646. The molecule has 2 heterocycles. The largest absolute Gasteiger partial charge is 0.504 e. The fraction of sp³-hybridized carbons (Fsp3) is 0.238. The van der Waals surface area contributed by atoms with E-state index in [1.807, 2.05) is 0 Å². The zero-order valence-corrected chi connectivity index (χ0v) is 16.1. The summed E-state index contributed by atoms with van der Waals surface area (Å²) in [5, 5.41) is 15.1. The zero-order chi connectivity index (χ0) is 21.3. The average molecular weight is 412 g/mol. The van der Waals surface area contributed by atoms with Gasteiger partial charge in [0.05, 0.1) is 13.2 Å². The van der Waals surface area contributed by atoms with Crippen molar-refractivity contribution in [3.63, 3.8) is 0 Å². The van der Waals surface area contributed by atoms with E-state index >= 15 is 0 Å². The standard InChI is InChI=1S/C21H20N2O7/c1-11-18(20(25)28-9-12-3-6-15-17(7-12)30-10-29-15)19(23-21(26)22-11)13-4-5-14(24)16(8-13)27-2/h3-8,18-19,24H,1,9-10H2,2H3,(H2,22,23,26). The first-order valence-corrected chi connectivity index (χ1v) is 9.14. The number of rotatable bonds is 5. The van der Waals surface area contributed by atoms with Crippen molar-refractivity contribution in [1.29, 1.82) is 0 Å². The van der Waals surface area contributed by atoms with Gasteiger partial charge in [-0.2, -0.15) is 0 Å². The summed E-state index contributed by atoms with van der Waals surface area (Å²) >= 11 is 0. The maximum Gasteiger partial charge on any atom is 0.319 e. The Morgan fingerprint density at radius 3 is 2.83 bits per heavy atom. The molecule has 0 bridgehead atoms. The second-order valence-electron chi connectivity index (χ2n) is 6.81. The number of fused-ring (bicyclic) bond motifs is 1. The van der Waals surface area contributed by atoms with Gasteiger partial charge in [0.15, 0.2) is 23.0 Å². The van der Waals surface area contributed by atoms with Crippen molar-refractivity contribution in [2.45, 2.75) is 12.6 Å². The van der Waals surface area contributed by atoms with Gasteiger partial charge in [-0.05, 0) is 35.4 Å². The van der Waals surface area contributed by atoms with Gasteiger partial charge < -0.3 is 34.7 Å². The third-order valence-electron chi connectivity index (χ3n) is 4.90. The average Bonchev–Trinajstić information content (AvgIpc) is 3.19. The highest BCUT2D eigenvalue weighted by Crippen LogP contribution is 2.36. The lowest BCUT2D eigenvalue weighted by Crippen LogP contribution is -2.51. The molecular weight excluding hydrogens is 392 g/mol. The Morgan fingerprint density at radius 1 is 1.23 bits per heavy atom. The number of aromatic hydroxyl groups is 1. The topological polar surface area (TPSA) is 115 Å². The molecule has 2 aromatic carbocycles. The van der Waals surface area contributed by atoms with Gasteiger partial charge in [0.2, 0.25) is 6.79 Å². The molecule has 2 atom stereocenters. The van der Waals surface area contributed by atoms with E-state index in [0.29, 0.717) is 17.1 Å². The molecule has 30 heavy (non-hydrogen) atoms. The number of carbonyl (C=O) groups excluding carboxylic acids is 2. The summed E-state index contributed by atoms with van der Waals surface area (Å²) < 4.78 is 21.2. The summed E-state index contributed by atoms with van der Waals surface area (Å²) in [6.45, 7) is 3.98. The van der Waals surface area contributed by atoms with Crippen LogP contribution in [0.3, 0.4) is 0 Å². The summed E-state index contributed by atoms with van der Waals surface area (Å²) in [4.78, 5) is 24.9. The number of benzene rings is 2. The SMILES string of the molecule is C=C1NC(=O)NC(c2ccc(O)c(OC)c2)C1C(=O)OCc1ccc2c(c1)OCO2. The van der Waals surface area contributed by atoms with Gasteiger partial charge in [-0.3, -0.25) is 4.79 Å². The monoisotopic (exact) mass is 412 g/mol. The molecule has 156 valence electrons. The number of hydrogen-bond acceptors (Lipinski definition) is 7. The lowest BCUT2D eigenvalue weighted by molar-refractivity contribution is -0.149. The molecule has 2 amide bonds. The lowest BCUT2D eigenvalue weighted by atomic mass is 9.89. The Kier molecular flexibility index (Phi) is 5.09. The van der Waals surface area contributed by atoms with Crippen LogP contribution in [0.5, 0.6) is 23.0 Å². The van der Waals surface area contributed by atoms with Crippen molar-refractivity contribution < 1.29 is 33.6 Å². The molecule has 1 saturated heterocycles. The first-order valence-electron chi connectivity index (χ1n) is 9.14. The predicted octanol–water partition coefficient (Wildman–Crippen LogP) is 2.36. The molecule has 0 aromatic heterocycles. The summed E-state index contributed by atoms with van der Waals surface area (Å²) in [5.74, 6) is -0.0542. The van der Waals surface area contributed by atoms with Gasteiger partial charge in [0.1, 0.15) is 12.5 Å². The summed E-state index contributed by atoms with van der Waals surface area (Å²) in [7, 11) is 1.41. The lowest BCUT2D eigenvalue weighted by Gasteiger charge is -2.33. The first-order chi connectivity index (χ1) is 14.5. The van der Waals surface area contributed by atoms with Crippen molar-refractivity contribution in [3.8, 4) is 23.0 Å². The number of urea groups is 1. The van der Waals surface area contributed by atoms with E-state index in [1.54, 1.807) is 30.3 Å². The van der Waals surface area contributed by atoms with Gasteiger partial charge in [-0.1, -0.05) is 18.7 Å². The highest BCUT2D eigenvalue weighted by Gasteiger charge is 2.39. The third-order valence-corrected chi connectivity index (χ3v) is 4.90. The van der Waals surface area contributed by atoms with E-state index in [1.165, 1.54) is 13.2 Å². The van der Waals surface area contributed by atoms with Crippen LogP contribution in [0.2, 0.25) is 0 Å². The minimum atomic E-state index is -0.883. The van der Waals surface area contributed by atoms with E-state index in [9.17, 15) is 14.7 Å². The van der Waals surface area contributed by atoms with E-state index in [0.717, 1.165) is 5.56 Å². The maximum absolute atomic E-state index is 12.9. The number of methoxy groups -OCH3 is 1. The maximum atomic E-state index is 12.9.